The summed E-state index contributed by atoms with van der Waals surface area (Å²) in [5.41, 5.74) is 7.78. The predicted octanol–water partition coefficient (Wildman–Crippen LogP) is 1.46. The number of anilines is 2. The Hall–Kier alpha value is -2.83. The third-order valence-corrected chi connectivity index (χ3v) is 2.92. The van der Waals surface area contributed by atoms with Crippen LogP contribution in [0.15, 0.2) is 24.4 Å². The lowest BCUT2D eigenvalue weighted by Gasteiger charge is -2.18. The molecule has 0 bridgehead atoms. The Kier molecular flexibility index (Phi) is 3.31. The summed E-state index contributed by atoms with van der Waals surface area (Å²) in [6.07, 6.45) is 1.57. The van der Waals surface area contributed by atoms with Crippen molar-refractivity contribution in [2.24, 2.45) is 0 Å². The van der Waals surface area contributed by atoms with Gasteiger partial charge in [-0.25, -0.2) is 9.97 Å². The normalized spacial score (nSPS) is 12.8. The number of hydrogen-bond donors (Lipinski definition) is 2. The Labute approximate surface area is 121 Å². The molecule has 0 saturated carbocycles. The maximum atomic E-state index is 11.0. The van der Waals surface area contributed by atoms with E-state index < -0.39 is 0 Å². The van der Waals surface area contributed by atoms with E-state index in [0.717, 1.165) is 0 Å². The maximum absolute atomic E-state index is 11.0. The number of nitrogens with two attached hydrogens (primary N) is 1. The van der Waals surface area contributed by atoms with Gasteiger partial charge in [-0.15, -0.1) is 0 Å². The molecule has 0 atom stereocenters. The Morgan fingerprint density at radius 2 is 2.14 bits per heavy atom. The molecular formula is C14H14N4O3. The first-order chi connectivity index (χ1) is 10.1. The fourth-order valence-corrected chi connectivity index (χ4v) is 2.01. The summed E-state index contributed by atoms with van der Waals surface area (Å²) in [6, 6.07) is 5.17. The van der Waals surface area contributed by atoms with Crippen LogP contribution in [0, 0.1) is 0 Å². The molecule has 108 valence electrons. The zero-order chi connectivity index (χ0) is 14.8. The molecular weight excluding hydrogens is 272 g/mol. The molecule has 21 heavy (non-hydrogen) atoms. The van der Waals surface area contributed by atoms with Gasteiger partial charge >= 0.3 is 0 Å². The summed E-state index contributed by atoms with van der Waals surface area (Å²) in [6.45, 7) is 2.40. The highest BCUT2D eigenvalue weighted by molar-refractivity contribution is 5.89. The van der Waals surface area contributed by atoms with Crippen LogP contribution in [0.4, 0.5) is 11.5 Å². The van der Waals surface area contributed by atoms with Crippen LogP contribution >= 0.6 is 0 Å². The molecule has 7 nitrogen and oxygen atoms in total. The molecule has 0 fully saturated rings. The molecule has 1 amide bonds. The summed E-state index contributed by atoms with van der Waals surface area (Å²) in [5.74, 6) is 1.27. The number of nitrogens with zero attached hydrogens (tertiary/aromatic N) is 2. The van der Waals surface area contributed by atoms with Crippen molar-refractivity contribution in [3.63, 3.8) is 0 Å². The molecule has 0 unspecified atom stereocenters. The van der Waals surface area contributed by atoms with E-state index in [9.17, 15) is 4.79 Å². The third kappa shape index (κ3) is 2.71. The molecule has 7 heteroatoms. The van der Waals surface area contributed by atoms with Gasteiger partial charge in [0.25, 0.3) is 5.88 Å². The van der Waals surface area contributed by atoms with Gasteiger partial charge < -0.3 is 20.5 Å². The number of fused-ring (bicyclic) bond motifs is 1. The lowest BCUT2D eigenvalue weighted by Crippen LogP contribution is -2.16. The molecule has 1 aliphatic rings. The summed E-state index contributed by atoms with van der Waals surface area (Å²) >= 11 is 0. The molecule has 3 rings (SSSR count). The van der Waals surface area contributed by atoms with Crippen LogP contribution in [-0.4, -0.2) is 29.1 Å². The van der Waals surface area contributed by atoms with Crippen molar-refractivity contribution in [1.29, 1.82) is 0 Å². The van der Waals surface area contributed by atoms with E-state index in [1.807, 2.05) is 0 Å². The second-order valence-electron chi connectivity index (χ2n) is 4.53. The van der Waals surface area contributed by atoms with Crippen LogP contribution in [0.2, 0.25) is 0 Å². The molecule has 1 aliphatic heterocycles. The van der Waals surface area contributed by atoms with Crippen molar-refractivity contribution in [1.82, 2.24) is 9.97 Å². The zero-order valence-corrected chi connectivity index (χ0v) is 11.4. The Morgan fingerprint density at radius 1 is 1.33 bits per heavy atom. The highest BCUT2D eigenvalue weighted by atomic mass is 16.6. The van der Waals surface area contributed by atoms with Crippen LogP contribution in [0.25, 0.3) is 11.3 Å². The third-order valence-electron chi connectivity index (χ3n) is 2.92. The van der Waals surface area contributed by atoms with Crippen molar-refractivity contribution in [3.8, 4) is 22.9 Å². The van der Waals surface area contributed by atoms with Gasteiger partial charge in [0, 0.05) is 30.4 Å². The van der Waals surface area contributed by atoms with E-state index >= 15 is 0 Å². The van der Waals surface area contributed by atoms with Crippen LogP contribution in [0.1, 0.15) is 6.92 Å². The lowest BCUT2D eigenvalue weighted by molar-refractivity contribution is -0.114. The maximum Gasteiger partial charge on any atom is 0.257 e. The number of nitrogens with one attached hydrogen (secondary N) is 1. The molecule has 3 heterocycles. The van der Waals surface area contributed by atoms with E-state index in [1.54, 1.807) is 24.4 Å². The van der Waals surface area contributed by atoms with E-state index in [2.05, 4.69) is 15.3 Å². The highest BCUT2D eigenvalue weighted by Gasteiger charge is 2.15. The molecule has 3 N–H and O–H groups in total. The smallest absolute Gasteiger partial charge is 0.257 e. The molecule has 2 aromatic heterocycles. The molecule has 0 radical (unpaired) electrons. The van der Waals surface area contributed by atoms with Gasteiger partial charge in [-0.2, -0.15) is 0 Å². The van der Waals surface area contributed by atoms with Crippen molar-refractivity contribution < 1.29 is 14.3 Å². The minimum absolute atomic E-state index is 0.202. The van der Waals surface area contributed by atoms with Crippen LogP contribution < -0.4 is 20.5 Å². The topological polar surface area (TPSA) is 99.4 Å². The number of aromatic nitrogens is 2. The standard InChI is InChI=1S/C14H14N4O3/c1-8(19)17-13-6-10(15)9(7-16-13)11-2-3-12-14(18-11)21-5-4-20-12/h2-3,6-7H,4-5H2,1H3,(H3,15,16,17,19). The first kappa shape index (κ1) is 13.2. The number of amides is 1. The molecule has 0 saturated heterocycles. The van der Waals surface area contributed by atoms with E-state index in [0.29, 0.717) is 47.6 Å². The molecule has 0 aliphatic carbocycles. The predicted molar refractivity (Wildman–Crippen MR) is 77.2 cm³/mol. The number of ether oxygens (including phenoxy) is 2. The summed E-state index contributed by atoms with van der Waals surface area (Å²) in [5, 5.41) is 2.58. The van der Waals surface area contributed by atoms with Gasteiger partial charge in [0.2, 0.25) is 5.91 Å². The Bertz CT molecular complexity index is 703. The van der Waals surface area contributed by atoms with Crippen molar-refractivity contribution in [2.75, 3.05) is 24.3 Å². The van der Waals surface area contributed by atoms with Crippen molar-refractivity contribution >= 4 is 17.4 Å². The van der Waals surface area contributed by atoms with Gasteiger partial charge in [0.05, 0.1) is 5.69 Å². The van der Waals surface area contributed by atoms with Crippen LogP contribution in [0.3, 0.4) is 0 Å². The van der Waals surface area contributed by atoms with Crippen molar-refractivity contribution in [2.45, 2.75) is 6.92 Å². The van der Waals surface area contributed by atoms with Gasteiger partial charge in [0.1, 0.15) is 19.0 Å². The second kappa shape index (κ2) is 5.28. The SMILES string of the molecule is CC(=O)Nc1cc(N)c(-c2ccc3c(n2)OCCO3)cn1. The Balaban J connectivity index is 1.95. The summed E-state index contributed by atoms with van der Waals surface area (Å²) in [4.78, 5) is 19.5. The highest BCUT2D eigenvalue weighted by Crippen LogP contribution is 2.33. The number of carbonyl (C=O) groups is 1. The van der Waals surface area contributed by atoms with Gasteiger partial charge in [0.15, 0.2) is 5.75 Å². The average molecular weight is 286 g/mol. The number of pyridine rings is 2. The lowest BCUT2D eigenvalue weighted by atomic mass is 10.1. The van der Waals surface area contributed by atoms with Gasteiger partial charge in [-0.1, -0.05) is 0 Å². The first-order valence-corrected chi connectivity index (χ1v) is 6.43. The largest absolute Gasteiger partial charge is 0.484 e. The van der Waals surface area contributed by atoms with E-state index in [1.165, 1.54) is 6.92 Å². The van der Waals surface area contributed by atoms with Crippen molar-refractivity contribution in [3.05, 3.63) is 24.4 Å². The number of carbonyl (C=O) groups excluding carboxylic acids is 1. The second-order valence-corrected chi connectivity index (χ2v) is 4.53. The Morgan fingerprint density at radius 3 is 2.90 bits per heavy atom. The van der Waals surface area contributed by atoms with Gasteiger partial charge in [-0.3, -0.25) is 4.79 Å². The monoisotopic (exact) mass is 286 g/mol. The summed E-state index contributed by atoms with van der Waals surface area (Å²) < 4.78 is 10.9. The average Bonchev–Trinajstić information content (AvgIpc) is 2.46. The van der Waals surface area contributed by atoms with Gasteiger partial charge in [-0.05, 0) is 12.1 Å². The van der Waals surface area contributed by atoms with E-state index in [-0.39, 0.29) is 5.91 Å². The zero-order valence-electron chi connectivity index (χ0n) is 11.4. The minimum Gasteiger partial charge on any atom is -0.484 e. The number of nitrogen functional groups attached to an aromatic ring is 1. The molecule has 0 spiro atoms. The van der Waals surface area contributed by atoms with E-state index in [4.69, 9.17) is 15.2 Å². The van der Waals surface area contributed by atoms with Crippen LogP contribution in [-0.2, 0) is 4.79 Å². The number of hydrogen-bond acceptors (Lipinski definition) is 6. The minimum atomic E-state index is -0.202. The fraction of sp³-hybridized carbons (Fsp3) is 0.214. The fourth-order valence-electron chi connectivity index (χ4n) is 2.01. The number of rotatable bonds is 2. The summed E-state index contributed by atoms with van der Waals surface area (Å²) in [7, 11) is 0. The molecule has 2 aromatic rings. The first-order valence-electron chi connectivity index (χ1n) is 6.43. The molecule has 0 aromatic carbocycles. The quantitative estimate of drug-likeness (QED) is 0.867. The van der Waals surface area contributed by atoms with Crippen LogP contribution in [0.5, 0.6) is 11.6 Å².